The van der Waals surface area contributed by atoms with Gasteiger partial charge in [0.05, 0.1) is 13.2 Å². The lowest BCUT2D eigenvalue weighted by atomic mass is 10.3. The molecule has 1 saturated carbocycles. The second-order valence-electron chi connectivity index (χ2n) is 5.33. The van der Waals surface area contributed by atoms with Crippen LogP contribution >= 0.6 is 0 Å². The van der Waals surface area contributed by atoms with Crippen LogP contribution in [0, 0.1) is 5.92 Å². The fourth-order valence-corrected chi connectivity index (χ4v) is 2.43. The smallest absolute Gasteiger partial charge is 0.135 e. The number of hydrogen-bond donors (Lipinski definition) is 0. The predicted molar refractivity (Wildman–Crippen MR) is 70.8 cm³/mol. The average Bonchev–Trinajstić information content (AvgIpc) is 3.20. The van der Waals surface area contributed by atoms with Gasteiger partial charge in [0.25, 0.3) is 0 Å². The normalized spacial score (nSPS) is 25.7. The van der Waals surface area contributed by atoms with Gasteiger partial charge in [-0.1, -0.05) is 18.2 Å². The minimum absolute atomic E-state index is 0.161. The van der Waals surface area contributed by atoms with Crippen LogP contribution in [0.5, 0.6) is 5.75 Å². The maximum absolute atomic E-state index is 6.00. The topological polar surface area (TPSA) is 21.7 Å². The molecule has 3 nitrogen and oxygen atoms in total. The molecule has 1 aliphatic heterocycles. The van der Waals surface area contributed by atoms with Crippen LogP contribution in [-0.2, 0) is 4.74 Å². The van der Waals surface area contributed by atoms with E-state index in [0.717, 1.165) is 31.4 Å². The fourth-order valence-electron chi connectivity index (χ4n) is 2.43. The third kappa shape index (κ3) is 3.47. The van der Waals surface area contributed by atoms with Gasteiger partial charge >= 0.3 is 0 Å². The van der Waals surface area contributed by atoms with E-state index in [9.17, 15) is 0 Å². The van der Waals surface area contributed by atoms with E-state index >= 15 is 0 Å². The molecule has 1 aliphatic carbocycles. The molecule has 0 amide bonds. The number of nitrogens with zero attached hydrogens (tertiary/aromatic N) is 1. The molecular formula is C15H21NO2. The SMILES string of the molecule is c1ccc(O[C@H]2COCCN(CC3CC3)C2)cc1. The molecule has 0 bridgehead atoms. The van der Waals surface area contributed by atoms with Crippen molar-refractivity contribution in [2.75, 3.05) is 32.8 Å². The van der Waals surface area contributed by atoms with Crippen molar-refractivity contribution in [2.45, 2.75) is 18.9 Å². The lowest BCUT2D eigenvalue weighted by molar-refractivity contribution is 0.0711. The summed E-state index contributed by atoms with van der Waals surface area (Å²) in [6.45, 7) is 4.80. The minimum atomic E-state index is 0.161. The second kappa shape index (κ2) is 5.72. The summed E-state index contributed by atoms with van der Waals surface area (Å²) >= 11 is 0. The number of rotatable bonds is 4. The molecule has 0 aromatic heterocycles. The number of ether oxygens (including phenoxy) is 2. The highest BCUT2D eigenvalue weighted by atomic mass is 16.5. The quantitative estimate of drug-likeness (QED) is 0.814. The van der Waals surface area contributed by atoms with Crippen molar-refractivity contribution < 1.29 is 9.47 Å². The summed E-state index contributed by atoms with van der Waals surface area (Å²) in [7, 11) is 0. The first kappa shape index (κ1) is 12.0. The highest BCUT2D eigenvalue weighted by Gasteiger charge is 2.27. The Morgan fingerprint density at radius 1 is 1.22 bits per heavy atom. The monoisotopic (exact) mass is 247 g/mol. The molecular weight excluding hydrogens is 226 g/mol. The van der Waals surface area contributed by atoms with Crippen LogP contribution in [0.25, 0.3) is 0 Å². The Morgan fingerprint density at radius 3 is 2.83 bits per heavy atom. The first-order chi connectivity index (χ1) is 8.90. The molecule has 0 radical (unpaired) electrons. The van der Waals surface area contributed by atoms with Crippen molar-refractivity contribution in [1.82, 2.24) is 4.90 Å². The molecule has 1 aromatic carbocycles. The molecule has 3 rings (SSSR count). The van der Waals surface area contributed by atoms with Crippen molar-refractivity contribution in [1.29, 1.82) is 0 Å². The van der Waals surface area contributed by atoms with Crippen LogP contribution in [-0.4, -0.2) is 43.9 Å². The average molecular weight is 247 g/mol. The van der Waals surface area contributed by atoms with E-state index in [4.69, 9.17) is 9.47 Å². The summed E-state index contributed by atoms with van der Waals surface area (Å²) in [6, 6.07) is 10.0. The summed E-state index contributed by atoms with van der Waals surface area (Å²) < 4.78 is 11.6. The Morgan fingerprint density at radius 2 is 2.06 bits per heavy atom. The van der Waals surface area contributed by atoms with E-state index < -0.39 is 0 Å². The molecule has 1 atom stereocenters. The first-order valence-electron chi connectivity index (χ1n) is 6.92. The summed E-state index contributed by atoms with van der Waals surface area (Å²) in [5.74, 6) is 1.87. The van der Waals surface area contributed by atoms with E-state index in [-0.39, 0.29) is 6.10 Å². The van der Waals surface area contributed by atoms with Gasteiger partial charge in [-0.05, 0) is 30.9 Å². The fraction of sp³-hybridized carbons (Fsp3) is 0.600. The molecule has 1 saturated heterocycles. The van der Waals surface area contributed by atoms with Crippen LogP contribution in [0.2, 0.25) is 0 Å². The first-order valence-corrected chi connectivity index (χ1v) is 6.92. The van der Waals surface area contributed by atoms with Crippen molar-refractivity contribution >= 4 is 0 Å². The number of para-hydroxylation sites is 1. The van der Waals surface area contributed by atoms with Crippen molar-refractivity contribution in [3.63, 3.8) is 0 Å². The van der Waals surface area contributed by atoms with Gasteiger partial charge in [0.2, 0.25) is 0 Å². The van der Waals surface area contributed by atoms with Gasteiger partial charge in [0.15, 0.2) is 0 Å². The zero-order valence-corrected chi connectivity index (χ0v) is 10.8. The standard InChI is InChI=1S/C15H21NO2/c1-2-4-14(5-3-1)18-15-11-16(8-9-17-12-15)10-13-6-7-13/h1-5,13,15H,6-12H2/t15-/m1/s1. The zero-order valence-electron chi connectivity index (χ0n) is 10.8. The summed E-state index contributed by atoms with van der Waals surface area (Å²) in [4.78, 5) is 2.50. The van der Waals surface area contributed by atoms with Gasteiger partial charge in [0, 0.05) is 19.6 Å². The Labute approximate surface area is 109 Å². The lowest BCUT2D eigenvalue weighted by Crippen LogP contribution is -2.37. The Hall–Kier alpha value is -1.06. The molecule has 1 aromatic rings. The Kier molecular flexibility index (Phi) is 3.81. The largest absolute Gasteiger partial charge is 0.487 e. The Balaban J connectivity index is 1.56. The molecule has 0 unspecified atom stereocenters. The van der Waals surface area contributed by atoms with Gasteiger partial charge < -0.3 is 9.47 Å². The molecule has 2 aliphatic rings. The number of benzene rings is 1. The molecule has 0 spiro atoms. The summed E-state index contributed by atoms with van der Waals surface area (Å²) in [6.07, 6.45) is 2.97. The predicted octanol–water partition coefficient (Wildman–Crippen LogP) is 2.18. The number of hydrogen-bond acceptors (Lipinski definition) is 3. The van der Waals surface area contributed by atoms with Gasteiger partial charge in [-0.3, -0.25) is 4.90 Å². The third-order valence-electron chi connectivity index (χ3n) is 3.58. The highest BCUT2D eigenvalue weighted by molar-refractivity contribution is 5.21. The van der Waals surface area contributed by atoms with Gasteiger partial charge in [-0.15, -0.1) is 0 Å². The van der Waals surface area contributed by atoms with Crippen molar-refractivity contribution in [2.24, 2.45) is 5.92 Å². The third-order valence-corrected chi connectivity index (χ3v) is 3.58. The highest BCUT2D eigenvalue weighted by Crippen LogP contribution is 2.30. The van der Waals surface area contributed by atoms with E-state index in [1.807, 2.05) is 30.3 Å². The maximum Gasteiger partial charge on any atom is 0.135 e. The van der Waals surface area contributed by atoms with Crippen LogP contribution in [0.4, 0.5) is 0 Å². The van der Waals surface area contributed by atoms with Crippen LogP contribution in [0.15, 0.2) is 30.3 Å². The molecule has 98 valence electrons. The lowest BCUT2D eigenvalue weighted by Gasteiger charge is -2.23. The molecule has 3 heteroatoms. The van der Waals surface area contributed by atoms with Crippen molar-refractivity contribution in [3.8, 4) is 5.75 Å². The van der Waals surface area contributed by atoms with Crippen LogP contribution in [0.3, 0.4) is 0 Å². The van der Waals surface area contributed by atoms with E-state index in [0.29, 0.717) is 6.61 Å². The molecule has 1 heterocycles. The van der Waals surface area contributed by atoms with Crippen molar-refractivity contribution in [3.05, 3.63) is 30.3 Å². The summed E-state index contributed by atoms with van der Waals surface area (Å²) in [5.41, 5.74) is 0. The minimum Gasteiger partial charge on any atom is -0.487 e. The van der Waals surface area contributed by atoms with Gasteiger partial charge in [0.1, 0.15) is 11.9 Å². The van der Waals surface area contributed by atoms with E-state index in [2.05, 4.69) is 4.90 Å². The van der Waals surface area contributed by atoms with Crippen LogP contribution in [0.1, 0.15) is 12.8 Å². The van der Waals surface area contributed by atoms with E-state index in [1.54, 1.807) is 0 Å². The molecule has 2 fully saturated rings. The maximum atomic E-state index is 6.00. The van der Waals surface area contributed by atoms with Crippen LogP contribution < -0.4 is 4.74 Å². The van der Waals surface area contributed by atoms with E-state index in [1.165, 1.54) is 19.4 Å². The zero-order chi connectivity index (χ0) is 12.2. The molecule has 0 N–H and O–H groups in total. The second-order valence-corrected chi connectivity index (χ2v) is 5.33. The summed E-state index contributed by atoms with van der Waals surface area (Å²) in [5, 5.41) is 0. The molecule has 18 heavy (non-hydrogen) atoms. The van der Waals surface area contributed by atoms with Gasteiger partial charge in [-0.25, -0.2) is 0 Å². The van der Waals surface area contributed by atoms with Gasteiger partial charge in [-0.2, -0.15) is 0 Å². The Bertz CT molecular complexity index is 364.